The highest BCUT2D eigenvalue weighted by molar-refractivity contribution is 5.87. The number of para-hydroxylation sites is 1. The molecule has 0 saturated carbocycles. The summed E-state index contributed by atoms with van der Waals surface area (Å²) in [6, 6.07) is 30.0. The van der Waals surface area contributed by atoms with Crippen LogP contribution < -0.4 is 19.4 Å². The van der Waals surface area contributed by atoms with Crippen LogP contribution in [0.5, 0.6) is 11.5 Å². The van der Waals surface area contributed by atoms with Crippen LogP contribution in [0.2, 0.25) is 0 Å². The molecule has 0 aromatic heterocycles. The van der Waals surface area contributed by atoms with Crippen LogP contribution in [0.4, 0.5) is 28.4 Å². The molecule has 0 bridgehead atoms. The van der Waals surface area contributed by atoms with Gasteiger partial charge in [0.05, 0.1) is 24.7 Å². The lowest BCUT2D eigenvalue weighted by atomic mass is 9.88. The Morgan fingerprint density at radius 1 is 0.658 bits per heavy atom. The minimum Gasteiger partial charge on any atom is -0.457 e. The van der Waals surface area contributed by atoms with Gasteiger partial charge >= 0.3 is 0 Å². The number of nitrogens with zero attached hydrogens (tertiary/aromatic N) is 4. The highest BCUT2D eigenvalue weighted by atomic mass is 16.5. The summed E-state index contributed by atoms with van der Waals surface area (Å²) in [5, 5.41) is 0. The molecule has 0 fully saturated rings. The number of benzene rings is 4. The molecule has 0 radical (unpaired) electrons. The molecule has 2 aliphatic rings. The normalized spacial score (nSPS) is 16.4. The van der Waals surface area contributed by atoms with Crippen LogP contribution in [-0.4, -0.2) is 32.3 Å². The largest absolute Gasteiger partial charge is 0.457 e. The summed E-state index contributed by atoms with van der Waals surface area (Å²) in [4.78, 5) is 9.46. The molecule has 0 N–H and O–H groups in total. The molecule has 0 atom stereocenters. The second-order valence-corrected chi connectivity index (χ2v) is 11.1. The Labute approximate surface area is 226 Å². The van der Waals surface area contributed by atoms with E-state index in [-0.39, 0.29) is 5.54 Å². The van der Waals surface area contributed by atoms with Crippen molar-refractivity contribution < 1.29 is 4.74 Å². The van der Waals surface area contributed by atoms with Crippen molar-refractivity contribution in [2.24, 2.45) is 0 Å². The van der Waals surface area contributed by atoms with E-state index in [9.17, 15) is 0 Å². The van der Waals surface area contributed by atoms with E-state index in [2.05, 4.69) is 134 Å². The van der Waals surface area contributed by atoms with Gasteiger partial charge in [-0.2, -0.15) is 0 Å². The molecule has 5 nitrogen and oxygen atoms in total. The zero-order chi connectivity index (χ0) is 26.6. The number of hydrogen-bond donors (Lipinski definition) is 0. The van der Waals surface area contributed by atoms with E-state index in [1.54, 1.807) is 0 Å². The molecule has 5 heteroatoms. The third kappa shape index (κ3) is 3.98. The lowest BCUT2D eigenvalue weighted by Crippen LogP contribution is -2.49. The van der Waals surface area contributed by atoms with Crippen molar-refractivity contribution in [3.05, 3.63) is 102 Å². The van der Waals surface area contributed by atoms with E-state index in [0.29, 0.717) is 0 Å². The van der Waals surface area contributed by atoms with E-state index in [1.807, 2.05) is 12.1 Å². The average Bonchev–Trinajstić information content (AvgIpc) is 3.27. The van der Waals surface area contributed by atoms with Crippen molar-refractivity contribution in [2.75, 3.05) is 42.1 Å². The summed E-state index contributed by atoms with van der Waals surface area (Å²) >= 11 is 0. The second-order valence-electron chi connectivity index (χ2n) is 11.1. The van der Waals surface area contributed by atoms with Gasteiger partial charge < -0.3 is 19.4 Å². The molecule has 4 aromatic rings. The molecule has 6 rings (SSSR count). The van der Waals surface area contributed by atoms with E-state index in [1.165, 1.54) is 33.8 Å². The number of aryl methyl sites for hydroxylation is 2. The predicted octanol–water partition coefficient (Wildman–Crippen LogP) is 7.92. The van der Waals surface area contributed by atoms with Gasteiger partial charge in [0.1, 0.15) is 11.5 Å². The fourth-order valence-electron chi connectivity index (χ4n) is 5.85. The quantitative estimate of drug-likeness (QED) is 0.281. The maximum Gasteiger partial charge on any atom is 0.129 e. The van der Waals surface area contributed by atoms with Crippen molar-refractivity contribution in [2.45, 2.75) is 33.2 Å². The van der Waals surface area contributed by atoms with Gasteiger partial charge in [0, 0.05) is 41.8 Å². The van der Waals surface area contributed by atoms with Gasteiger partial charge in [0.25, 0.3) is 0 Å². The SMILES string of the molecule is Cc1ccc(C)c2c1N(C)CN2c1cccc(Oc2cccc(N3CN(C)C(C)(C)c4ccccc43)c2)c1. The molecule has 0 spiro atoms. The molecular formula is C33H36N4O. The van der Waals surface area contributed by atoms with E-state index in [0.717, 1.165) is 36.2 Å². The Morgan fingerprint density at radius 2 is 1.26 bits per heavy atom. The maximum absolute atomic E-state index is 6.45. The number of hydrogen-bond acceptors (Lipinski definition) is 5. The topological polar surface area (TPSA) is 22.2 Å². The number of rotatable bonds is 4. The van der Waals surface area contributed by atoms with E-state index >= 15 is 0 Å². The Kier molecular flexibility index (Phi) is 5.84. The van der Waals surface area contributed by atoms with E-state index in [4.69, 9.17) is 4.74 Å². The van der Waals surface area contributed by atoms with Gasteiger partial charge in [-0.15, -0.1) is 0 Å². The molecule has 4 aromatic carbocycles. The molecular weight excluding hydrogens is 468 g/mol. The summed E-state index contributed by atoms with van der Waals surface area (Å²) in [5.74, 6) is 1.66. The van der Waals surface area contributed by atoms with Crippen LogP contribution in [-0.2, 0) is 5.54 Å². The first kappa shape index (κ1) is 24.4. The molecule has 194 valence electrons. The highest BCUT2D eigenvalue weighted by Gasteiger charge is 2.35. The zero-order valence-corrected chi connectivity index (χ0v) is 23.2. The van der Waals surface area contributed by atoms with Crippen LogP contribution in [0.15, 0.2) is 84.9 Å². The fourth-order valence-corrected chi connectivity index (χ4v) is 5.85. The lowest BCUT2D eigenvalue weighted by Gasteiger charge is -2.47. The molecule has 38 heavy (non-hydrogen) atoms. The monoisotopic (exact) mass is 504 g/mol. The van der Waals surface area contributed by atoms with Gasteiger partial charge in [-0.25, -0.2) is 0 Å². The van der Waals surface area contributed by atoms with Crippen LogP contribution in [0, 0.1) is 13.8 Å². The molecule has 2 aliphatic heterocycles. The molecule has 0 unspecified atom stereocenters. The average molecular weight is 505 g/mol. The molecule has 0 aliphatic carbocycles. The Balaban J connectivity index is 1.30. The summed E-state index contributed by atoms with van der Waals surface area (Å²) < 4.78 is 6.45. The van der Waals surface area contributed by atoms with Crippen molar-refractivity contribution in [1.29, 1.82) is 0 Å². The summed E-state index contributed by atoms with van der Waals surface area (Å²) in [6.45, 7) is 10.6. The third-order valence-corrected chi connectivity index (χ3v) is 8.22. The molecule has 0 amide bonds. The minimum absolute atomic E-state index is 0.0270. The number of anilines is 5. The standard InChI is InChI=1S/C33H36N4O/c1-23-17-18-24(2)32-31(23)34(5)21-37(32)26-12-10-14-28(20-26)38-27-13-9-11-25(19-27)36-22-35(6)33(3,4)29-15-7-8-16-30(29)36/h7-20H,21-22H2,1-6H3. The van der Waals surface area contributed by atoms with Gasteiger partial charge in [-0.3, -0.25) is 4.90 Å². The Morgan fingerprint density at radius 3 is 1.95 bits per heavy atom. The Hall–Kier alpha value is -3.96. The Bertz CT molecular complexity index is 1510. The van der Waals surface area contributed by atoms with Crippen LogP contribution in [0.25, 0.3) is 0 Å². The highest BCUT2D eigenvalue weighted by Crippen LogP contribution is 2.45. The van der Waals surface area contributed by atoms with Gasteiger partial charge in [-0.05, 0) is 81.8 Å². The van der Waals surface area contributed by atoms with Crippen LogP contribution in [0.3, 0.4) is 0 Å². The number of ether oxygens (including phenoxy) is 1. The minimum atomic E-state index is -0.0270. The van der Waals surface area contributed by atoms with Gasteiger partial charge in [0.2, 0.25) is 0 Å². The van der Waals surface area contributed by atoms with Gasteiger partial charge in [-0.1, -0.05) is 42.5 Å². The first-order valence-corrected chi connectivity index (χ1v) is 13.3. The predicted molar refractivity (Wildman–Crippen MR) is 159 cm³/mol. The molecule has 0 saturated heterocycles. The molecule has 2 heterocycles. The second kappa shape index (κ2) is 9.10. The van der Waals surface area contributed by atoms with Crippen molar-refractivity contribution in [3.8, 4) is 11.5 Å². The zero-order valence-electron chi connectivity index (χ0n) is 23.2. The number of fused-ring (bicyclic) bond motifs is 2. The first-order valence-electron chi connectivity index (χ1n) is 13.3. The first-order chi connectivity index (χ1) is 18.2. The van der Waals surface area contributed by atoms with Crippen LogP contribution in [0.1, 0.15) is 30.5 Å². The lowest BCUT2D eigenvalue weighted by molar-refractivity contribution is 0.150. The van der Waals surface area contributed by atoms with Crippen LogP contribution >= 0.6 is 0 Å². The smallest absolute Gasteiger partial charge is 0.129 e. The fraction of sp³-hybridized carbons (Fsp3) is 0.273. The van der Waals surface area contributed by atoms with Crippen molar-refractivity contribution >= 4 is 28.4 Å². The summed E-state index contributed by atoms with van der Waals surface area (Å²) in [5.41, 5.74) is 9.96. The van der Waals surface area contributed by atoms with Crippen molar-refractivity contribution in [3.63, 3.8) is 0 Å². The van der Waals surface area contributed by atoms with E-state index < -0.39 is 0 Å². The van der Waals surface area contributed by atoms with Gasteiger partial charge in [0.15, 0.2) is 0 Å². The van der Waals surface area contributed by atoms with Crippen molar-refractivity contribution in [1.82, 2.24) is 4.90 Å². The summed E-state index contributed by atoms with van der Waals surface area (Å²) in [7, 11) is 4.35. The third-order valence-electron chi connectivity index (χ3n) is 8.22. The summed E-state index contributed by atoms with van der Waals surface area (Å²) in [6.07, 6.45) is 0. The maximum atomic E-state index is 6.45.